The van der Waals surface area contributed by atoms with Gasteiger partial charge in [0.05, 0.1) is 15.1 Å². The largest absolute Gasteiger partial charge is 0.244 e. The van der Waals surface area contributed by atoms with Crippen LogP contribution in [0.25, 0.3) is 0 Å². The van der Waals surface area contributed by atoms with Gasteiger partial charge in [-0.2, -0.15) is 4.31 Å². The van der Waals surface area contributed by atoms with Crippen LogP contribution in [-0.4, -0.2) is 25.8 Å². The van der Waals surface area contributed by atoms with E-state index in [1.807, 2.05) is 0 Å². The number of sulfonamides is 1. The maximum absolute atomic E-state index is 12.5. The zero-order valence-electron chi connectivity index (χ0n) is 10.4. The van der Waals surface area contributed by atoms with E-state index in [1.165, 1.54) is 16.4 Å². The Morgan fingerprint density at radius 1 is 1.05 bits per heavy atom. The van der Waals surface area contributed by atoms with E-state index in [9.17, 15) is 8.42 Å². The van der Waals surface area contributed by atoms with Gasteiger partial charge in [-0.15, -0.1) is 0 Å². The Bertz CT molecular complexity index is 581. The molecule has 1 aromatic carbocycles. The quantitative estimate of drug-likeness (QED) is 0.760. The summed E-state index contributed by atoms with van der Waals surface area (Å²) >= 11 is 17.7. The molecule has 106 valence electrons. The lowest BCUT2D eigenvalue weighted by molar-refractivity contribution is 0.288. The van der Waals surface area contributed by atoms with Crippen molar-refractivity contribution in [2.45, 2.75) is 24.7 Å². The van der Waals surface area contributed by atoms with Crippen LogP contribution in [0.15, 0.2) is 17.0 Å². The molecule has 1 fully saturated rings. The molecule has 0 bridgehead atoms. The Morgan fingerprint density at radius 3 is 2.16 bits per heavy atom. The number of hydrogen-bond donors (Lipinski definition) is 0. The van der Waals surface area contributed by atoms with Gasteiger partial charge < -0.3 is 0 Å². The van der Waals surface area contributed by atoms with E-state index in [1.54, 1.807) is 0 Å². The van der Waals surface area contributed by atoms with Gasteiger partial charge in [0, 0.05) is 13.1 Å². The van der Waals surface area contributed by atoms with Gasteiger partial charge in [0.15, 0.2) is 0 Å². The topological polar surface area (TPSA) is 37.4 Å². The minimum absolute atomic E-state index is 0.0260. The summed E-state index contributed by atoms with van der Waals surface area (Å²) in [5.74, 6) is 0.552. The number of nitrogens with zero attached hydrogens (tertiary/aromatic N) is 1. The van der Waals surface area contributed by atoms with Crippen LogP contribution in [0.5, 0.6) is 0 Å². The van der Waals surface area contributed by atoms with Crippen molar-refractivity contribution in [2.75, 3.05) is 13.1 Å². The van der Waals surface area contributed by atoms with Gasteiger partial charge in [0.25, 0.3) is 0 Å². The average Bonchev–Trinajstić information content (AvgIpc) is 2.34. The summed E-state index contributed by atoms with van der Waals surface area (Å²) in [6, 6.07) is 2.69. The molecule has 0 spiro atoms. The molecule has 2 rings (SSSR count). The lowest BCUT2D eigenvalue weighted by atomic mass is 10.0. The Labute approximate surface area is 128 Å². The fourth-order valence-electron chi connectivity index (χ4n) is 2.07. The highest BCUT2D eigenvalue weighted by molar-refractivity contribution is 7.89. The molecular formula is C12H14Cl3NO2S. The maximum atomic E-state index is 12.5. The van der Waals surface area contributed by atoms with E-state index in [0.29, 0.717) is 19.0 Å². The predicted octanol–water partition coefficient (Wildman–Crippen LogP) is 4.07. The predicted molar refractivity (Wildman–Crippen MR) is 78.6 cm³/mol. The molecule has 0 atom stereocenters. The summed E-state index contributed by atoms with van der Waals surface area (Å²) in [6.07, 6.45) is 1.72. The Hall–Kier alpha value is -0.000000000000000111. The van der Waals surface area contributed by atoms with Crippen molar-refractivity contribution in [1.82, 2.24) is 4.31 Å². The zero-order chi connectivity index (χ0) is 14.2. The molecule has 1 aliphatic heterocycles. The van der Waals surface area contributed by atoms with E-state index >= 15 is 0 Å². The lowest BCUT2D eigenvalue weighted by Gasteiger charge is -2.29. The molecule has 0 unspecified atom stereocenters. The molecule has 1 heterocycles. The van der Waals surface area contributed by atoms with Crippen molar-refractivity contribution in [2.24, 2.45) is 5.92 Å². The molecule has 0 aromatic heterocycles. The van der Waals surface area contributed by atoms with Gasteiger partial charge >= 0.3 is 0 Å². The second kappa shape index (κ2) is 5.78. The van der Waals surface area contributed by atoms with Crippen molar-refractivity contribution < 1.29 is 8.42 Å². The number of rotatable bonds is 2. The molecule has 1 aliphatic rings. The minimum Gasteiger partial charge on any atom is -0.207 e. The van der Waals surface area contributed by atoms with E-state index in [2.05, 4.69) is 6.92 Å². The Morgan fingerprint density at radius 2 is 1.58 bits per heavy atom. The average molecular weight is 343 g/mol. The standard InChI is InChI=1S/C12H14Cl3NO2S/c1-8-2-4-16(5-3-8)19(17,18)12-7-10(14)9(13)6-11(12)15/h6-8H,2-5H2,1H3. The highest BCUT2D eigenvalue weighted by atomic mass is 35.5. The highest BCUT2D eigenvalue weighted by Gasteiger charge is 2.30. The summed E-state index contributed by atoms with van der Waals surface area (Å²) in [7, 11) is -3.60. The summed E-state index contributed by atoms with van der Waals surface area (Å²) in [5.41, 5.74) is 0. The molecule has 0 saturated carbocycles. The number of piperidine rings is 1. The molecule has 1 saturated heterocycles. The van der Waals surface area contributed by atoms with Gasteiger partial charge in [0.1, 0.15) is 4.90 Å². The summed E-state index contributed by atoms with van der Waals surface area (Å²) in [5, 5.41) is 0.543. The normalized spacial score (nSPS) is 18.7. The van der Waals surface area contributed by atoms with Crippen LogP contribution in [0.1, 0.15) is 19.8 Å². The first kappa shape index (κ1) is 15.4. The molecule has 7 heteroatoms. The number of hydrogen-bond acceptors (Lipinski definition) is 2. The van der Waals surface area contributed by atoms with Gasteiger partial charge in [-0.3, -0.25) is 0 Å². The maximum Gasteiger partial charge on any atom is 0.244 e. The Kier molecular flexibility index (Phi) is 4.68. The summed E-state index contributed by atoms with van der Waals surface area (Å²) in [4.78, 5) is 0.0260. The molecule has 0 amide bonds. The smallest absolute Gasteiger partial charge is 0.207 e. The van der Waals surface area contributed by atoms with E-state index in [0.717, 1.165) is 12.8 Å². The summed E-state index contributed by atoms with van der Waals surface area (Å²) < 4.78 is 26.5. The van der Waals surface area contributed by atoms with E-state index in [-0.39, 0.29) is 20.0 Å². The second-order valence-electron chi connectivity index (χ2n) is 4.78. The molecule has 0 radical (unpaired) electrons. The van der Waals surface area contributed by atoms with Crippen LogP contribution in [0, 0.1) is 5.92 Å². The fraction of sp³-hybridized carbons (Fsp3) is 0.500. The van der Waals surface area contributed by atoms with Crippen molar-refractivity contribution in [1.29, 1.82) is 0 Å². The third-order valence-corrected chi connectivity index (χ3v) is 6.42. The van der Waals surface area contributed by atoms with Crippen molar-refractivity contribution in [3.8, 4) is 0 Å². The first-order chi connectivity index (χ1) is 8.82. The molecule has 19 heavy (non-hydrogen) atoms. The van der Waals surface area contributed by atoms with Gasteiger partial charge in [-0.05, 0) is 30.9 Å². The van der Waals surface area contributed by atoms with Gasteiger partial charge in [-0.1, -0.05) is 41.7 Å². The van der Waals surface area contributed by atoms with Crippen LogP contribution in [0.2, 0.25) is 15.1 Å². The van der Waals surface area contributed by atoms with Gasteiger partial charge in [0.2, 0.25) is 10.0 Å². The second-order valence-corrected chi connectivity index (χ2v) is 7.91. The molecule has 0 N–H and O–H groups in total. The minimum atomic E-state index is -3.60. The van der Waals surface area contributed by atoms with Crippen molar-refractivity contribution in [3.05, 3.63) is 27.2 Å². The van der Waals surface area contributed by atoms with Crippen molar-refractivity contribution >= 4 is 44.8 Å². The van der Waals surface area contributed by atoms with Crippen LogP contribution >= 0.6 is 34.8 Å². The number of benzene rings is 1. The SMILES string of the molecule is CC1CCN(S(=O)(=O)c2cc(Cl)c(Cl)cc2Cl)CC1. The first-order valence-electron chi connectivity index (χ1n) is 5.97. The Balaban J connectivity index is 2.37. The van der Waals surface area contributed by atoms with E-state index in [4.69, 9.17) is 34.8 Å². The zero-order valence-corrected chi connectivity index (χ0v) is 13.5. The number of halogens is 3. The molecule has 0 aliphatic carbocycles. The lowest BCUT2D eigenvalue weighted by Crippen LogP contribution is -2.38. The van der Waals surface area contributed by atoms with Crippen LogP contribution in [-0.2, 0) is 10.0 Å². The van der Waals surface area contributed by atoms with E-state index < -0.39 is 10.0 Å². The highest BCUT2D eigenvalue weighted by Crippen LogP contribution is 2.34. The van der Waals surface area contributed by atoms with Gasteiger partial charge in [-0.25, -0.2) is 8.42 Å². The monoisotopic (exact) mass is 341 g/mol. The summed E-state index contributed by atoms with van der Waals surface area (Å²) in [6.45, 7) is 3.15. The van der Waals surface area contributed by atoms with Crippen LogP contribution < -0.4 is 0 Å². The molecular weight excluding hydrogens is 329 g/mol. The molecule has 3 nitrogen and oxygen atoms in total. The fourth-order valence-corrected chi connectivity index (χ4v) is 4.51. The van der Waals surface area contributed by atoms with Crippen LogP contribution in [0.3, 0.4) is 0 Å². The third-order valence-electron chi connectivity index (χ3n) is 3.34. The van der Waals surface area contributed by atoms with Crippen molar-refractivity contribution in [3.63, 3.8) is 0 Å². The third kappa shape index (κ3) is 3.19. The molecule has 1 aromatic rings. The first-order valence-corrected chi connectivity index (χ1v) is 8.54. The van der Waals surface area contributed by atoms with Crippen LogP contribution in [0.4, 0.5) is 0 Å².